The summed E-state index contributed by atoms with van der Waals surface area (Å²) in [5, 5.41) is 9.55. The van der Waals surface area contributed by atoms with E-state index in [4.69, 9.17) is 0 Å². The maximum absolute atomic E-state index is 4.22. The zero-order valence-electron chi connectivity index (χ0n) is 9.04. The van der Waals surface area contributed by atoms with Gasteiger partial charge in [-0.15, -0.1) is 5.10 Å². The number of rotatable bonds is 4. The van der Waals surface area contributed by atoms with Gasteiger partial charge in [0.2, 0.25) is 0 Å². The highest BCUT2D eigenvalue weighted by Gasteiger charge is 2.20. The molecule has 0 radical (unpaired) electrons. The van der Waals surface area contributed by atoms with Gasteiger partial charge in [0, 0.05) is 12.7 Å². The second kappa shape index (κ2) is 4.04. The largest absolute Gasteiger partial charge is 0.253 e. The van der Waals surface area contributed by atoms with E-state index in [0.717, 1.165) is 6.54 Å². The smallest absolute Gasteiger partial charge is 0.106 e. The van der Waals surface area contributed by atoms with Gasteiger partial charge >= 0.3 is 0 Å². The van der Waals surface area contributed by atoms with Gasteiger partial charge in [0.15, 0.2) is 0 Å². The quantitative estimate of drug-likeness (QED) is 0.687. The molecule has 0 N–H and O–H groups in total. The van der Waals surface area contributed by atoms with Gasteiger partial charge in [0.1, 0.15) is 8.07 Å². The fraction of sp³-hybridized carbons (Fsp3) is 0.778. The van der Waals surface area contributed by atoms with Crippen molar-refractivity contribution in [3.63, 3.8) is 0 Å². The van der Waals surface area contributed by atoms with Crippen LogP contribution in [-0.4, -0.2) is 23.1 Å². The SMILES string of the molecule is CCCCn1cc([Si](C)(C)C)nn1. The fourth-order valence-electron chi connectivity index (χ4n) is 1.07. The molecule has 0 saturated carbocycles. The lowest BCUT2D eigenvalue weighted by atomic mass is 10.3. The molecule has 74 valence electrons. The first-order valence-electron chi connectivity index (χ1n) is 4.94. The van der Waals surface area contributed by atoms with Crippen molar-refractivity contribution in [1.29, 1.82) is 0 Å². The van der Waals surface area contributed by atoms with E-state index in [1.54, 1.807) is 0 Å². The van der Waals surface area contributed by atoms with Crippen LogP contribution in [-0.2, 0) is 6.54 Å². The molecule has 0 atom stereocenters. The molecule has 1 aromatic rings. The predicted molar refractivity (Wildman–Crippen MR) is 57.9 cm³/mol. The third-order valence-corrected chi connectivity index (χ3v) is 3.81. The summed E-state index contributed by atoms with van der Waals surface area (Å²) < 4.78 is 1.97. The van der Waals surface area contributed by atoms with Crippen molar-refractivity contribution in [3.05, 3.63) is 6.20 Å². The first-order chi connectivity index (χ1) is 6.04. The van der Waals surface area contributed by atoms with Gasteiger partial charge in [0.25, 0.3) is 0 Å². The van der Waals surface area contributed by atoms with Crippen molar-refractivity contribution >= 4 is 13.4 Å². The molecule has 13 heavy (non-hydrogen) atoms. The summed E-state index contributed by atoms with van der Waals surface area (Å²) in [5.41, 5.74) is 0. The summed E-state index contributed by atoms with van der Waals surface area (Å²) in [6.45, 7) is 10.1. The molecule has 0 amide bonds. The van der Waals surface area contributed by atoms with Gasteiger partial charge in [-0.1, -0.05) is 38.2 Å². The Bertz CT molecular complexity index is 262. The highest BCUT2D eigenvalue weighted by Crippen LogP contribution is 1.99. The highest BCUT2D eigenvalue weighted by molar-refractivity contribution is 6.88. The summed E-state index contributed by atoms with van der Waals surface area (Å²) >= 11 is 0. The van der Waals surface area contributed by atoms with Crippen molar-refractivity contribution in [2.24, 2.45) is 0 Å². The minimum atomic E-state index is -1.25. The Morgan fingerprint density at radius 1 is 1.38 bits per heavy atom. The minimum absolute atomic E-state index is 1.01. The number of hydrogen-bond acceptors (Lipinski definition) is 2. The molecule has 4 heteroatoms. The molecule has 0 aromatic carbocycles. The predicted octanol–water partition coefficient (Wildman–Crippen LogP) is 1.62. The molecule has 3 nitrogen and oxygen atoms in total. The minimum Gasteiger partial charge on any atom is -0.253 e. The van der Waals surface area contributed by atoms with E-state index in [9.17, 15) is 0 Å². The van der Waals surface area contributed by atoms with Crippen LogP contribution in [0.2, 0.25) is 19.6 Å². The second-order valence-corrected chi connectivity index (χ2v) is 9.48. The number of unbranched alkanes of at least 4 members (excludes halogenated alkanes) is 1. The molecule has 0 aliphatic heterocycles. The van der Waals surface area contributed by atoms with Crippen LogP contribution in [0.1, 0.15) is 19.8 Å². The van der Waals surface area contributed by atoms with Crippen LogP contribution in [0, 0.1) is 0 Å². The topological polar surface area (TPSA) is 30.7 Å². The van der Waals surface area contributed by atoms with E-state index < -0.39 is 8.07 Å². The molecular formula is C9H19N3Si. The third-order valence-electron chi connectivity index (χ3n) is 2.05. The van der Waals surface area contributed by atoms with Crippen molar-refractivity contribution in [2.75, 3.05) is 0 Å². The molecule has 1 aromatic heterocycles. The lowest BCUT2D eigenvalue weighted by Crippen LogP contribution is -2.38. The van der Waals surface area contributed by atoms with E-state index in [-0.39, 0.29) is 0 Å². The Labute approximate surface area is 81.2 Å². The lowest BCUT2D eigenvalue weighted by Gasteiger charge is -2.09. The van der Waals surface area contributed by atoms with Gasteiger partial charge < -0.3 is 0 Å². The molecular weight excluding hydrogens is 178 g/mol. The molecule has 0 fully saturated rings. The van der Waals surface area contributed by atoms with Crippen molar-refractivity contribution in [2.45, 2.75) is 46.0 Å². The van der Waals surface area contributed by atoms with E-state index in [2.05, 4.69) is 43.1 Å². The first kappa shape index (κ1) is 10.4. The van der Waals surface area contributed by atoms with Crippen molar-refractivity contribution < 1.29 is 0 Å². The standard InChI is InChI=1S/C9H19N3Si/c1-5-6-7-12-8-9(10-11-12)13(2,3)4/h8H,5-7H2,1-4H3. The molecule has 0 aliphatic rings. The number of nitrogens with zero attached hydrogens (tertiary/aromatic N) is 3. The van der Waals surface area contributed by atoms with Crippen LogP contribution >= 0.6 is 0 Å². The van der Waals surface area contributed by atoms with E-state index in [1.165, 1.54) is 18.2 Å². The molecule has 0 unspecified atom stereocenters. The van der Waals surface area contributed by atoms with E-state index in [1.807, 2.05) is 4.68 Å². The van der Waals surface area contributed by atoms with E-state index >= 15 is 0 Å². The van der Waals surface area contributed by atoms with Crippen LogP contribution in [0.3, 0.4) is 0 Å². The normalized spacial score (nSPS) is 12.0. The van der Waals surface area contributed by atoms with Crippen LogP contribution in [0.15, 0.2) is 6.20 Å². The van der Waals surface area contributed by atoms with Crippen molar-refractivity contribution in [1.82, 2.24) is 15.0 Å². The van der Waals surface area contributed by atoms with Gasteiger partial charge in [-0.05, 0) is 6.42 Å². The molecule has 1 rings (SSSR count). The summed E-state index contributed by atoms with van der Waals surface area (Å²) in [5.74, 6) is 0. The first-order valence-corrected chi connectivity index (χ1v) is 8.44. The Kier molecular flexibility index (Phi) is 3.25. The summed E-state index contributed by atoms with van der Waals surface area (Å²) in [6, 6.07) is 0. The summed E-state index contributed by atoms with van der Waals surface area (Å²) in [7, 11) is -1.25. The van der Waals surface area contributed by atoms with Crippen LogP contribution < -0.4 is 5.32 Å². The zero-order chi connectivity index (χ0) is 9.90. The average molecular weight is 197 g/mol. The third kappa shape index (κ3) is 2.95. The second-order valence-electron chi connectivity index (χ2n) is 4.47. The fourth-order valence-corrected chi connectivity index (χ4v) is 1.95. The average Bonchev–Trinajstić information content (AvgIpc) is 2.47. The number of hydrogen-bond donors (Lipinski definition) is 0. The van der Waals surface area contributed by atoms with Gasteiger partial charge in [-0.25, -0.2) is 0 Å². The Morgan fingerprint density at radius 2 is 2.08 bits per heavy atom. The highest BCUT2D eigenvalue weighted by atomic mass is 28.3. The maximum Gasteiger partial charge on any atom is 0.106 e. The lowest BCUT2D eigenvalue weighted by molar-refractivity contribution is 0.553. The Balaban J connectivity index is 2.64. The molecule has 1 heterocycles. The zero-order valence-corrected chi connectivity index (χ0v) is 10.0. The number of aromatic nitrogens is 3. The van der Waals surface area contributed by atoms with Crippen molar-refractivity contribution in [3.8, 4) is 0 Å². The van der Waals surface area contributed by atoms with Crippen LogP contribution in [0.25, 0.3) is 0 Å². The number of aryl methyl sites for hydroxylation is 1. The Hall–Kier alpha value is -0.643. The Morgan fingerprint density at radius 3 is 2.54 bits per heavy atom. The molecule has 0 spiro atoms. The van der Waals surface area contributed by atoms with Gasteiger partial charge in [0.05, 0.1) is 5.32 Å². The molecule has 0 aliphatic carbocycles. The van der Waals surface area contributed by atoms with E-state index in [0.29, 0.717) is 0 Å². The maximum atomic E-state index is 4.22. The van der Waals surface area contributed by atoms with Crippen LogP contribution in [0.4, 0.5) is 0 Å². The summed E-state index contributed by atoms with van der Waals surface area (Å²) in [4.78, 5) is 0. The molecule has 0 saturated heterocycles. The monoisotopic (exact) mass is 197 g/mol. The van der Waals surface area contributed by atoms with Crippen LogP contribution in [0.5, 0.6) is 0 Å². The molecule has 0 bridgehead atoms. The van der Waals surface area contributed by atoms with Gasteiger partial charge in [-0.3, -0.25) is 4.68 Å². The van der Waals surface area contributed by atoms with Gasteiger partial charge in [-0.2, -0.15) is 0 Å². The summed E-state index contributed by atoms with van der Waals surface area (Å²) in [6.07, 6.45) is 4.51.